The van der Waals surface area contributed by atoms with Gasteiger partial charge >= 0.3 is 0 Å². The van der Waals surface area contributed by atoms with Gasteiger partial charge in [-0.1, -0.05) is 0 Å². The molecule has 2 N–H and O–H groups in total. The first-order valence-corrected chi connectivity index (χ1v) is 9.82. The number of nitrogens with one attached hydrogen (secondary N) is 1. The molecule has 23 heavy (non-hydrogen) atoms. The molecule has 0 spiro atoms. The van der Waals surface area contributed by atoms with Crippen LogP contribution in [-0.4, -0.2) is 54.0 Å². The fourth-order valence-electron chi connectivity index (χ4n) is 3.37. The molecule has 0 unspecified atom stereocenters. The van der Waals surface area contributed by atoms with E-state index in [2.05, 4.69) is 19.6 Å². The quantitative estimate of drug-likeness (QED) is 0.806. The van der Waals surface area contributed by atoms with Gasteiger partial charge in [0.25, 0.3) is 0 Å². The Balaban J connectivity index is 1.37. The van der Waals surface area contributed by atoms with Gasteiger partial charge in [-0.2, -0.15) is 0 Å². The highest BCUT2D eigenvalue weighted by molar-refractivity contribution is 7.90. The molecule has 1 saturated heterocycles. The number of hydrogen-bond donors (Lipinski definition) is 2. The number of aromatic nitrogens is 2. The number of nitrogens with zero attached hydrogens (tertiary/aromatic N) is 3. The highest BCUT2D eigenvalue weighted by atomic mass is 32.2. The smallest absolute Gasteiger partial charge is 0.214 e. The fourth-order valence-corrected chi connectivity index (χ4v) is 4.98. The molecule has 0 amide bonds. The fraction of sp³-hybridized carbons (Fsp3) is 0.733. The number of β-amino-alcohol motifs (C(OH)–C–C–N with tert-alkyl or cyclic N) is 1. The van der Waals surface area contributed by atoms with Crippen LogP contribution in [0.25, 0.3) is 0 Å². The van der Waals surface area contributed by atoms with Crippen molar-refractivity contribution in [2.75, 3.05) is 18.0 Å². The van der Waals surface area contributed by atoms with Crippen molar-refractivity contribution in [3.8, 4) is 0 Å². The van der Waals surface area contributed by atoms with Crippen molar-refractivity contribution in [3.63, 3.8) is 0 Å². The number of aliphatic hydroxyl groups is 1. The van der Waals surface area contributed by atoms with Gasteiger partial charge in [0, 0.05) is 36.8 Å². The van der Waals surface area contributed by atoms with Crippen LogP contribution in [0.4, 0.5) is 5.82 Å². The van der Waals surface area contributed by atoms with Gasteiger partial charge in [0.15, 0.2) is 0 Å². The molecule has 0 aromatic carbocycles. The van der Waals surface area contributed by atoms with E-state index in [1.54, 1.807) is 6.33 Å². The first-order chi connectivity index (χ1) is 11.0. The summed E-state index contributed by atoms with van der Waals surface area (Å²) < 4.78 is 26.7. The molecule has 0 bridgehead atoms. The summed E-state index contributed by atoms with van der Waals surface area (Å²) in [5, 5.41) is 9.48. The van der Waals surface area contributed by atoms with Gasteiger partial charge in [0.2, 0.25) is 10.0 Å². The number of anilines is 1. The maximum absolute atomic E-state index is 11.9. The van der Waals surface area contributed by atoms with Gasteiger partial charge in [-0.05, 0) is 32.1 Å². The lowest BCUT2D eigenvalue weighted by Crippen LogP contribution is -2.44. The first-order valence-electron chi connectivity index (χ1n) is 8.27. The van der Waals surface area contributed by atoms with Crippen molar-refractivity contribution in [2.24, 2.45) is 0 Å². The third-order valence-corrected chi connectivity index (χ3v) is 7.02. The number of aliphatic hydroxyl groups excluding tert-OH is 1. The second-order valence-electron chi connectivity index (χ2n) is 6.92. The third kappa shape index (κ3) is 3.20. The second kappa shape index (κ2) is 5.68. The molecule has 1 atom stereocenters. The molecule has 8 heteroatoms. The maximum Gasteiger partial charge on any atom is 0.214 e. The molecule has 4 rings (SSSR count). The summed E-state index contributed by atoms with van der Waals surface area (Å²) in [4.78, 5) is 10.7. The zero-order valence-electron chi connectivity index (χ0n) is 12.9. The molecule has 2 saturated carbocycles. The lowest BCUT2D eigenvalue weighted by molar-refractivity contribution is 0.198. The van der Waals surface area contributed by atoms with Crippen LogP contribution in [0.5, 0.6) is 0 Å². The zero-order chi connectivity index (χ0) is 16.0. The monoisotopic (exact) mass is 338 g/mol. The normalized spacial score (nSPS) is 31.2. The number of sulfonamides is 1. The lowest BCUT2D eigenvalue weighted by atomic mass is 9.78. The van der Waals surface area contributed by atoms with Crippen molar-refractivity contribution in [1.82, 2.24) is 14.7 Å². The molecule has 2 aliphatic carbocycles. The summed E-state index contributed by atoms with van der Waals surface area (Å²) in [6, 6.07) is 2.02. The van der Waals surface area contributed by atoms with Crippen molar-refractivity contribution < 1.29 is 13.5 Å². The van der Waals surface area contributed by atoms with Gasteiger partial charge in [-0.25, -0.2) is 23.1 Å². The molecule has 1 aliphatic heterocycles. The minimum atomic E-state index is -3.10. The van der Waals surface area contributed by atoms with E-state index >= 15 is 0 Å². The highest BCUT2D eigenvalue weighted by Gasteiger charge is 2.40. The molecule has 3 fully saturated rings. The van der Waals surface area contributed by atoms with Crippen LogP contribution in [0, 0.1) is 0 Å². The average molecular weight is 338 g/mol. The Bertz CT molecular complexity index is 686. The van der Waals surface area contributed by atoms with Crippen LogP contribution < -0.4 is 9.62 Å². The molecule has 126 valence electrons. The van der Waals surface area contributed by atoms with E-state index in [0.717, 1.165) is 50.2 Å². The molecule has 2 heterocycles. The minimum Gasteiger partial charge on any atom is -0.391 e. The summed E-state index contributed by atoms with van der Waals surface area (Å²) >= 11 is 0. The van der Waals surface area contributed by atoms with Crippen LogP contribution >= 0.6 is 0 Å². The third-order valence-electron chi connectivity index (χ3n) is 5.01. The maximum atomic E-state index is 11.9. The molecule has 3 aliphatic rings. The van der Waals surface area contributed by atoms with E-state index in [-0.39, 0.29) is 23.3 Å². The zero-order valence-corrected chi connectivity index (χ0v) is 13.7. The van der Waals surface area contributed by atoms with E-state index in [1.165, 1.54) is 0 Å². The Morgan fingerprint density at radius 1 is 1.22 bits per heavy atom. The Morgan fingerprint density at radius 2 is 2.00 bits per heavy atom. The van der Waals surface area contributed by atoms with Crippen LogP contribution in [0.2, 0.25) is 0 Å². The summed E-state index contributed by atoms with van der Waals surface area (Å²) in [5.41, 5.74) is 0.971. The van der Waals surface area contributed by atoms with Crippen molar-refractivity contribution >= 4 is 15.8 Å². The minimum absolute atomic E-state index is 0.0395. The number of rotatable bonds is 5. The van der Waals surface area contributed by atoms with Gasteiger partial charge in [-0.15, -0.1) is 0 Å². The second-order valence-corrected chi connectivity index (χ2v) is 8.91. The summed E-state index contributed by atoms with van der Waals surface area (Å²) in [6.07, 6.45) is 5.24. The Morgan fingerprint density at radius 3 is 2.65 bits per heavy atom. The molecular weight excluding hydrogens is 316 g/mol. The number of hydrogen-bond acceptors (Lipinski definition) is 6. The molecule has 7 nitrogen and oxygen atoms in total. The molecule has 0 radical (unpaired) electrons. The summed E-state index contributed by atoms with van der Waals surface area (Å²) in [5.74, 6) is 1.14. The summed E-state index contributed by atoms with van der Waals surface area (Å²) in [7, 11) is -3.10. The van der Waals surface area contributed by atoms with Crippen molar-refractivity contribution in [1.29, 1.82) is 0 Å². The highest BCUT2D eigenvalue weighted by Crippen LogP contribution is 2.38. The van der Waals surface area contributed by atoms with Gasteiger partial charge in [0.05, 0.1) is 11.4 Å². The van der Waals surface area contributed by atoms with E-state index < -0.39 is 10.0 Å². The van der Waals surface area contributed by atoms with Crippen molar-refractivity contribution in [2.45, 2.75) is 55.4 Å². The van der Waals surface area contributed by atoms with Gasteiger partial charge < -0.3 is 10.0 Å². The standard InChI is InChI=1S/C15H22N4O3S/c20-12-3-4-19(8-12)15-7-14(16-9-17-15)10-5-11(6-10)18-23(21,22)13-1-2-13/h7,9-13,18,20H,1-6,8H2/t10?,11?,12-/m1/s1. The molecule has 1 aromatic heterocycles. The van der Waals surface area contributed by atoms with Gasteiger partial charge in [-0.3, -0.25) is 0 Å². The topological polar surface area (TPSA) is 95.4 Å². The molecule has 1 aromatic rings. The Kier molecular flexibility index (Phi) is 3.78. The van der Waals surface area contributed by atoms with Gasteiger partial charge in [0.1, 0.15) is 12.1 Å². The largest absolute Gasteiger partial charge is 0.391 e. The van der Waals surface area contributed by atoms with E-state index in [9.17, 15) is 13.5 Å². The Hall–Kier alpha value is -1.25. The first kappa shape index (κ1) is 15.3. The van der Waals surface area contributed by atoms with Crippen LogP contribution in [-0.2, 0) is 10.0 Å². The van der Waals surface area contributed by atoms with E-state index in [4.69, 9.17) is 0 Å². The van der Waals surface area contributed by atoms with E-state index in [0.29, 0.717) is 6.54 Å². The van der Waals surface area contributed by atoms with Crippen molar-refractivity contribution in [3.05, 3.63) is 18.1 Å². The van der Waals surface area contributed by atoms with Crippen LogP contribution in [0.1, 0.15) is 43.7 Å². The summed E-state index contributed by atoms with van der Waals surface area (Å²) in [6.45, 7) is 1.43. The average Bonchev–Trinajstić information content (AvgIpc) is 3.26. The SMILES string of the molecule is O=S(=O)(NC1CC(c2cc(N3CC[C@@H](O)C3)ncn2)C1)C1CC1. The van der Waals surface area contributed by atoms with Crippen LogP contribution in [0.3, 0.4) is 0 Å². The predicted molar refractivity (Wildman–Crippen MR) is 85.7 cm³/mol. The Labute approximate surface area is 136 Å². The van der Waals surface area contributed by atoms with Crippen LogP contribution in [0.15, 0.2) is 12.4 Å². The lowest BCUT2D eigenvalue weighted by Gasteiger charge is -2.35. The molecular formula is C15H22N4O3S. The van der Waals surface area contributed by atoms with E-state index in [1.807, 2.05) is 6.07 Å². The predicted octanol–water partition coefficient (Wildman–Crippen LogP) is 0.375.